The maximum absolute atomic E-state index is 11.8. The molecule has 1 aliphatic heterocycles. The summed E-state index contributed by atoms with van der Waals surface area (Å²) in [5.41, 5.74) is 2.79. The number of carbonyl (C=O) groups is 1. The molecule has 1 aliphatic rings. The lowest BCUT2D eigenvalue weighted by molar-refractivity contribution is 0.102. The maximum Gasteiger partial charge on any atom is 0.258 e. The molecule has 5 heteroatoms. The van der Waals surface area contributed by atoms with Crippen LogP contribution in [0.4, 0.5) is 17.1 Å². The van der Waals surface area contributed by atoms with Gasteiger partial charge in [0, 0.05) is 16.8 Å². The van der Waals surface area contributed by atoms with E-state index < -0.39 is 0 Å². The van der Waals surface area contributed by atoms with Crippen LogP contribution in [0.1, 0.15) is 10.4 Å². The van der Waals surface area contributed by atoms with Crippen molar-refractivity contribution in [3.05, 3.63) is 34.5 Å². The monoisotopic (exact) mass is 232 g/mol. The number of benzene rings is 1. The van der Waals surface area contributed by atoms with Gasteiger partial charge in [-0.1, -0.05) is 0 Å². The minimum Gasteiger partial charge on any atom is -0.508 e. The number of amides is 1. The fraction of sp³-hybridized carbons (Fsp3) is 0. The largest absolute Gasteiger partial charge is 0.508 e. The zero-order chi connectivity index (χ0) is 11.1. The number of hydrogen-bond acceptors (Lipinski definition) is 4. The molecule has 4 nitrogen and oxygen atoms in total. The van der Waals surface area contributed by atoms with Crippen molar-refractivity contribution in [3.8, 4) is 5.75 Å². The van der Waals surface area contributed by atoms with Gasteiger partial charge in [-0.3, -0.25) is 4.79 Å². The van der Waals surface area contributed by atoms with Gasteiger partial charge < -0.3 is 15.7 Å². The fourth-order valence-corrected chi connectivity index (χ4v) is 2.41. The predicted octanol–water partition coefficient (Wildman–Crippen LogP) is 2.76. The Morgan fingerprint density at radius 3 is 2.81 bits per heavy atom. The number of thiophene rings is 1. The second-order valence-corrected chi connectivity index (χ2v) is 4.25. The van der Waals surface area contributed by atoms with Gasteiger partial charge in [-0.2, -0.15) is 0 Å². The van der Waals surface area contributed by atoms with E-state index in [-0.39, 0.29) is 11.7 Å². The average Bonchev–Trinajstić information content (AvgIpc) is 2.65. The van der Waals surface area contributed by atoms with Crippen LogP contribution in [0.25, 0.3) is 0 Å². The zero-order valence-corrected chi connectivity index (χ0v) is 8.97. The Kier molecular flexibility index (Phi) is 1.87. The average molecular weight is 232 g/mol. The first-order valence-electron chi connectivity index (χ1n) is 4.71. The van der Waals surface area contributed by atoms with E-state index in [9.17, 15) is 9.90 Å². The van der Waals surface area contributed by atoms with Gasteiger partial charge in [-0.25, -0.2) is 0 Å². The molecule has 0 fully saturated rings. The van der Waals surface area contributed by atoms with Gasteiger partial charge in [-0.05, 0) is 12.1 Å². The molecule has 0 saturated heterocycles. The molecule has 1 amide bonds. The molecule has 1 aromatic heterocycles. The van der Waals surface area contributed by atoms with E-state index in [0.717, 1.165) is 11.4 Å². The molecule has 0 saturated carbocycles. The van der Waals surface area contributed by atoms with Gasteiger partial charge in [0.1, 0.15) is 5.75 Å². The van der Waals surface area contributed by atoms with Crippen LogP contribution >= 0.6 is 11.3 Å². The normalized spacial score (nSPS) is 13.1. The number of carbonyl (C=O) groups excluding carboxylic acids is 1. The molecule has 0 aliphatic carbocycles. The van der Waals surface area contributed by atoms with Crippen molar-refractivity contribution in [2.75, 3.05) is 10.6 Å². The Morgan fingerprint density at radius 2 is 1.94 bits per heavy atom. The van der Waals surface area contributed by atoms with E-state index in [0.29, 0.717) is 11.3 Å². The van der Waals surface area contributed by atoms with Crippen molar-refractivity contribution >= 4 is 34.3 Å². The Morgan fingerprint density at radius 1 is 1.06 bits per heavy atom. The molecule has 0 bridgehead atoms. The number of hydrogen-bond donors (Lipinski definition) is 3. The fourth-order valence-electron chi connectivity index (χ4n) is 1.65. The second-order valence-electron chi connectivity index (χ2n) is 3.51. The summed E-state index contributed by atoms with van der Waals surface area (Å²) in [6.45, 7) is 0. The zero-order valence-electron chi connectivity index (χ0n) is 8.15. The van der Waals surface area contributed by atoms with Crippen LogP contribution in [0, 0.1) is 0 Å². The van der Waals surface area contributed by atoms with Gasteiger partial charge >= 0.3 is 0 Å². The van der Waals surface area contributed by atoms with Gasteiger partial charge in [0.15, 0.2) is 0 Å². The molecular formula is C11H8N2O2S. The summed E-state index contributed by atoms with van der Waals surface area (Å²) in [5, 5.41) is 18.9. The number of nitrogens with one attached hydrogen (secondary N) is 2. The van der Waals surface area contributed by atoms with E-state index in [4.69, 9.17) is 0 Å². The van der Waals surface area contributed by atoms with Crippen molar-refractivity contribution in [1.82, 2.24) is 0 Å². The number of rotatable bonds is 0. The van der Waals surface area contributed by atoms with Crippen molar-refractivity contribution in [3.63, 3.8) is 0 Å². The highest BCUT2D eigenvalue weighted by Crippen LogP contribution is 2.35. The van der Waals surface area contributed by atoms with Crippen LogP contribution in [0.3, 0.4) is 0 Å². The van der Waals surface area contributed by atoms with E-state index >= 15 is 0 Å². The summed E-state index contributed by atoms with van der Waals surface area (Å²) in [5.74, 6) is -0.0293. The number of anilines is 3. The highest BCUT2D eigenvalue weighted by Gasteiger charge is 2.19. The minimum atomic E-state index is -0.159. The second kappa shape index (κ2) is 3.24. The van der Waals surface area contributed by atoms with Crippen LogP contribution in [0.2, 0.25) is 0 Å². The first kappa shape index (κ1) is 9.23. The molecule has 0 unspecified atom stereocenters. The summed E-state index contributed by atoms with van der Waals surface area (Å²) in [6, 6.07) is 4.84. The first-order chi connectivity index (χ1) is 7.74. The highest BCUT2D eigenvalue weighted by atomic mass is 32.1. The van der Waals surface area contributed by atoms with Crippen molar-refractivity contribution in [2.24, 2.45) is 0 Å². The van der Waals surface area contributed by atoms with E-state index in [2.05, 4.69) is 10.6 Å². The third-order valence-corrected chi connectivity index (χ3v) is 3.17. The molecule has 80 valence electrons. The van der Waals surface area contributed by atoms with Gasteiger partial charge in [0.05, 0.1) is 22.6 Å². The molecule has 3 rings (SSSR count). The molecule has 0 radical (unpaired) electrons. The Bertz CT molecular complexity index is 577. The van der Waals surface area contributed by atoms with Crippen LogP contribution in [0.5, 0.6) is 5.75 Å². The summed E-state index contributed by atoms with van der Waals surface area (Å²) < 4.78 is 0. The van der Waals surface area contributed by atoms with Gasteiger partial charge in [0.25, 0.3) is 5.91 Å². The van der Waals surface area contributed by atoms with E-state index in [1.54, 1.807) is 17.5 Å². The number of phenolic OH excluding ortho intramolecular Hbond substituents is 1. The SMILES string of the molecule is O=C1Nc2cc(O)ccc2Nc2cscc21. The van der Waals surface area contributed by atoms with Crippen LogP contribution in [-0.2, 0) is 0 Å². The Hall–Kier alpha value is -2.01. The number of phenols is 1. The summed E-state index contributed by atoms with van der Waals surface area (Å²) in [7, 11) is 0. The number of aromatic hydroxyl groups is 1. The van der Waals surface area contributed by atoms with Crippen molar-refractivity contribution in [2.45, 2.75) is 0 Å². The first-order valence-corrected chi connectivity index (χ1v) is 5.66. The van der Waals surface area contributed by atoms with E-state index in [1.165, 1.54) is 17.4 Å². The van der Waals surface area contributed by atoms with Crippen LogP contribution in [0.15, 0.2) is 29.0 Å². The number of fused-ring (bicyclic) bond motifs is 2. The van der Waals surface area contributed by atoms with Crippen molar-refractivity contribution in [1.29, 1.82) is 0 Å². The standard InChI is InChI=1S/C11H8N2O2S/c14-6-1-2-8-9(3-6)13-11(15)7-4-16-5-10(7)12-8/h1-5,12,14H,(H,13,15). The summed E-state index contributed by atoms with van der Waals surface area (Å²) in [6.07, 6.45) is 0. The summed E-state index contributed by atoms with van der Waals surface area (Å²) >= 11 is 1.47. The smallest absolute Gasteiger partial charge is 0.258 e. The molecule has 1 aromatic carbocycles. The van der Waals surface area contributed by atoms with Gasteiger partial charge in [-0.15, -0.1) is 11.3 Å². The lowest BCUT2D eigenvalue weighted by atomic mass is 10.2. The predicted molar refractivity (Wildman–Crippen MR) is 63.7 cm³/mol. The van der Waals surface area contributed by atoms with Crippen LogP contribution in [-0.4, -0.2) is 11.0 Å². The van der Waals surface area contributed by atoms with Crippen LogP contribution < -0.4 is 10.6 Å². The topological polar surface area (TPSA) is 61.4 Å². The lowest BCUT2D eigenvalue weighted by Gasteiger charge is -2.07. The molecule has 0 spiro atoms. The van der Waals surface area contributed by atoms with E-state index in [1.807, 2.05) is 5.38 Å². The highest BCUT2D eigenvalue weighted by molar-refractivity contribution is 7.08. The Labute approximate surface area is 95.5 Å². The third kappa shape index (κ3) is 1.33. The Balaban J connectivity index is 2.16. The van der Waals surface area contributed by atoms with Crippen molar-refractivity contribution < 1.29 is 9.90 Å². The lowest BCUT2D eigenvalue weighted by Crippen LogP contribution is -2.09. The molecular weight excluding hydrogens is 224 g/mol. The van der Waals surface area contributed by atoms with Gasteiger partial charge in [0.2, 0.25) is 0 Å². The molecule has 2 heterocycles. The molecule has 3 N–H and O–H groups in total. The molecule has 0 atom stereocenters. The maximum atomic E-state index is 11.8. The molecule has 16 heavy (non-hydrogen) atoms. The quantitative estimate of drug-likeness (QED) is 0.612. The summed E-state index contributed by atoms with van der Waals surface area (Å²) in [4.78, 5) is 11.8. The third-order valence-electron chi connectivity index (χ3n) is 2.43. The minimum absolute atomic E-state index is 0.130. The molecule has 2 aromatic rings.